The van der Waals surface area contributed by atoms with E-state index in [-0.39, 0.29) is 5.75 Å². The third-order valence-electron chi connectivity index (χ3n) is 1.36. The van der Waals surface area contributed by atoms with Gasteiger partial charge < -0.3 is 4.52 Å². The molecule has 0 aromatic heterocycles. The number of benzene rings is 1. The summed E-state index contributed by atoms with van der Waals surface area (Å²) in [4.78, 5) is -0.786. The van der Waals surface area contributed by atoms with Crippen LogP contribution >= 0.6 is 51.8 Å². The summed E-state index contributed by atoms with van der Waals surface area (Å²) in [5.41, 5.74) is 0.470. The largest absolute Gasteiger partial charge is 0.428 e. The molecule has 0 spiro atoms. The average molecular weight is 294 g/mol. The first-order chi connectivity index (χ1) is 6.40. The highest BCUT2D eigenvalue weighted by Crippen LogP contribution is 2.58. The number of hydrogen-bond donors (Lipinski definition) is 0. The van der Waals surface area contributed by atoms with Crippen molar-refractivity contribution in [3.8, 4) is 5.75 Å². The van der Waals surface area contributed by atoms with Gasteiger partial charge in [-0.3, -0.25) is 0 Å². The molecule has 0 amide bonds. The van der Waals surface area contributed by atoms with Gasteiger partial charge in [-0.2, -0.15) is 0 Å². The molecule has 0 heterocycles. The monoisotopic (exact) mass is 292 g/mol. The fourth-order valence-corrected chi connectivity index (χ4v) is 2.06. The van der Waals surface area contributed by atoms with E-state index >= 15 is 0 Å². The fraction of sp³-hybridized carbons (Fsp3) is 0.143. The topological polar surface area (TPSA) is 26.3 Å². The highest BCUT2D eigenvalue weighted by Gasteiger charge is 2.20. The number of para-hydroxylation sites is 1. The van der Waals surface area contributed by atoms with Gasteiger partial charge in [-0.15, -0.1) is 0 Å². The molecular formula is C7H5Cl4O2P. The van der Waals surface area contributed by atoms with Crippen LogP contribution in [-0.2, 0) is 4.57 Å². The second-order valence-electron chi connectivity index (χ2n) is 2.34. The lowest BCUT2D eigenvalue weighted by atomic mass is 10.2. The third-order valence-corrected chi connectivity index (χ3v) is 2.65. The Morgan fingerprint density at radius 2 is 1.79 bits per heavy atom. The first-order valence-corrected chi connectivity index (χ1v) is 7.77. The van der Waals surface area contributed by atoms with E-state index in [1.54, 1.807) is 18.2 Å². The normalized spacial score (nSPS) is 11.8. The van der Waals surface area contributed by atoms with Crippen LogP contribution in [0, 0.1) is 0 Å². The van der Waals surface area contributed by atoms with E-state index in [2.05, 4.69) is 0 Å². The van der Waals surface area contributed by atoms with Gasteiger partial charge in [-0.25, -0.2) is 4.57 Å². The molecule has 0 aliphatic carbocycles. The van der Waals surface area contributed by atoms with Crippen LogP contribution in [0.5, 0.6) is 5.75 Å². The van der Waals surface area contributed by atoms with Crippen molar-refractivity contribution in [3.63, 3.8) is 0 Å². The van der Waals surface area contributed by atoms with E-state index in [1.165, 1.54) is 6.07 Å². The van der Waals surface area contributed by atoms with Crippen molar-refractivity contribution in [2.75, 3.05) is 0 Å². The average Bonchev–Trinajstić information content (AvgIpc) is 2.01. The lowest BCUT2D eigenvalue weighted by Crippen LogP contribution is -1.89. The predicted octanol–water partition coefficient (Wildman–Crippen LogP) is 5.13. The van der Waals surface area contributed by atoms with Crippen molar-refractivity contribution in [3.05, 3.63) is 29.8 Å². The van der Waals surface area contributed by atoms with Crippen LogP contribution in [0.3, 0.4) is 0 Å². The Balaban J connectivity index is 3.02. The molecule has 0 aliphatic rings. The third kappa shape index (κ3) is 3.88. The number of alkyl halides is 2. The molecule has 1 rings (SSSR count). The first-order valence-electron chi connectivity index (χ1n) is 3.46. The zero-order valence-corrected chi connectivity index (χ0v) is 10.6. The van der Waals surface area contributed by atoms with Gasteiger partial charge in [-0.1, -0.05) is 41.4 Å². The minimum absolute atomic E-state index is 0.218. The molecule has 0 unspecified atom stereocenters. The van der Waals surface area contributed by atoms with E-state index in [0.717, 1.165) is 0 Å². The Morgan fingerprint density at radius 1 is 1.21 bits per heavy atom. The summed E-state index contributed by atoms with van der Waals surface area (Å²) in [6.45, 7) is 0. The number of rotatable bonds is 3. The lowest BCUT2D eigenvalue weighted by Gasteiger charge is -2.11. The summed E-state index contributed by atoms with van der Waals surface area (Å²) in [5.74, 6) is 0.218. The van der Waals surface area contributed by atoms with Crippen molar-refractivity contribution in [2.45, 2.75) is 4.84 Å². The summed E-state index contributed by atoms with van der Waals surface area (Å²) in [7, 11) is 0. The minimum atomic E-state index is -3.63. The number of halogens is 4. The molecule has 78 valence electrons. The molecule has 14 heavy (non-hydrogen) atoms. The van der Waals surface area contributed by atoms with Crippen LogP contribution in [0.1, 0.15) is 10.4 Å². The van der Waals surface area contributed by atoms with Crippen LogP contribution in [0.15, 0.2) is 24.3 Å². The van der Waals surface area contributed by atoms with Gasteiger partial charge in [-0.05, 0) is 6.07 Å². The van der Waals surface area contributed by atoms with Gasteiger partial charge in [0.25, 0.3) is 0 Å². The van der Waals surface area contributed by atoms with Crippen molar-refractivity contribution >= 4 is 51.8 Å². The second-order valence-corrected chi connectivity index (χ2v) is 7.64. The molecule has 1 aromatic rings. The van der Waals surface area contributed by atoms with Crippen LogP contribution in [0.2, 0.25) is 0 Å². The van der Waals surface area contributed by atoms with E-state index < -0.39 is 10.9 Å². The number of hydrogen-bond acceptors (Lipinski definition) is 2. The molecule has 0 aliphatic heterocycles. The molecule has 0 saturated heterocycles. The van der Waals surface area contributed by atoms with Gasteiger partial charge in [0.05, 0.1) is 0 Å². The molecule has 0 saturated carbocycles. The zero-order chi connectivity index (χ0) is 10.8. The Hall–Kier alpha value is 0.410. The van der Waals surface area contributed by atoms with Crippen LogP contribution in [0.4, 0.5) is 0 Å². The molecule has 7 heteroatoms. The molecule has 0 bridgehead atoms. The van der Waals surface area contributed by atoms with Crippen LogP contribution in [0.25, 0.3) is 0 Å². The Kier molecular flexibility index (Phi) is 4.42. The molecular weight excluding hydrogens is 289 g/mol. The summed E-state index contributed by atoms with van der Waals surface area (Å²) in [6, 6.07) is 6.54. The molecule has 2 nitrogen and oxygen atoms in total. The predicted molar refractivity (Wildman–Crippen MR) is 60.8 cm³/mol. The molecule has 0 fully saturated rings. The van der Waals surface area contributed by atoms with Gasteiger partial charge in [0.15, 0.2) is 0 Å². The molecule has 0 radical (unpaired) electrons. The minimum Gasteiger partial charge on any atom is -0.422 e. The zero-order valence-electron chi connectivity index (χ0n) is 6.66. The smallest absolute Gasteiger partial charge is 0.422 e. The maximum absolute atomic E-state index is 11.0. The Labute approximate surface area is 101 Å². The summed E-state index contributed by atoms with van der Waals surface area (Å²) < 4.78 is 15.8. The molecule has 0 atom stereocenters. The molecule has 1 aromatic carbocycles. The van der Waals surface area contributed by atoms with E-state index in [4.69, 9.17) is 50.2 Å². The van der Waals surface area contributed by atoms with Crippen molar-refractivity contribution in [1.29, 1.82) is 0 Å². The quantitative estimate of drug-likeness (QED) is 0.570. The van der Waals surface area contributed by atoms with Gasteiger partial charge in [0.1, 0.15) is 10.6 Å². The SMILES string of the molecule is O=P(Cl)(Cl)Oc1ccccc1C(Cl)Cl. The highest BCUT2D eigenvalue weighted by atomic mass is 35.9. The fourth-order valence-electron chi connectivity index (χ4n) is 0.858. The standard InChI is InChI=1S/C7H5Cl4O2P/c8-7(9)5-3-1-2-4-6(5)13-14(10,11)12/h1-4,7H. The lowest BCUT2D eigenvalue weighted by molar-refractivity contribution is 0.511. The van der Waals surface area contributed by atoms with Crippen molar-refractivity contribution < 1.29 is 9.09 Å². The first kappa shape index (κ1) is 12.5. The second kappa shape index (κ2) is 4.96. The van der Waals surface area contributed by atoms with E-state index in [0.29, 0.717) is 5.56 Å². The van der Waals surface area contributed by atoms with Gasteiger partial charge in [0.2, 0.25) is 0 Å². The summed E-state index contributed by atoms with van der Waals surface area (Å²) in [5, 5.41) is 0. The van der Waals surface area contributed by atoms with Gasteiger partial charge >= 0.3 is 6.07 Å². The highest BCUT2D eigenvalue weighted by molar-refractivity contribution is 8.05. The summed E-state index contributed by atoms with van der Waals surface area (Å²) in [6.07, 6.45) is -3.63. The van der Waals surface area contributed by atoms with E-state index in [1.807, 2.05) is 0 Å². The van der Waals surface area contributed by atoms with Crippen LogP contribution < -0.4 is 4.52 Å². The van der Waals surface area contributed by atoms with Gasteiger partial charge in [0, 0.05) is 28.0 Å². The molecule has 0 N–H and O–H groups in total. The maximum Gasteiger partial charge on any atom is 0.428 e. The van der Waals surface area contributed by atoms with E-state index in [9.17, 15) is 4.57 Å². The maximum atomic E-state index is 11.0. The Bertz CT molecular complexity index is 362. The van der Waals surface area contributed by atoms with Crippen molar-refractivity contribution in [1.82, 2.24) is 0 Å². The van der Waals surface area contributed by atoms with Crippen LogP contribution in [-0.4, -0.2) is 0 Å². The van der Waals surface area contributed by atoms with Crippen molar-refractivity contribution in [2.24, 2.45) is 0 Å². The Morgan fingerprint density at radius 3 is 2.29 bits per heavy atom. The summed E-state index contributed by atoms with van der Waals surface area (Å²) >= 11 is 21.8.